The quantitative estimate of drug-likeness (QED) is 0.633. The van der Waals surface area contributed by atoms with Crippen molar-refractivity contribution in [2.45, 2.75) is 6.42 Å². The summed E-state index contributed by atoms with van der Waals surface area (Å²) in [7, 11) is 3.08. The number of amides is 2. The van der Waals surface area contributed by atoms with Gasteiger partial charge in [0.2, 0.25) is 11.8 Å². The van der Waals surface area contributed by atoms with Crippen LogP contribution in [0.2, 0.25) is 0 Å². The van der Waals surface area contributed by atoms with Gasteiger partial charge in [0.15, 0.2) is 0 Å². The zero-order valence-electron chi connectivity index (χ0n) is 12.5. The lowest BCUT2D eigenvalue weighted by atomic mass is 9.85. The molecule has 4 atom stereocenters. The van der Waals surface area contributed by atoms with Gasteiger partial charge in [0.1, 0.15) is 11.5 Å². The maximum atomic E-state index is 12.8. The van der Waals surface area contributed by atoms with E-state index in [1.807, 2.05) is 0 Å². The fourth-order valence-corrected chi connectivity index (χ4v) is 4.11. The number of benzene rings is 1. The Labute approximate surface area is 128 Å². The van der Waals surface area contributed by atoms with Crippen molar-refractivity contribution in [3.05, 3.63) is 30.4 Å². The third-order valence-corrected chi connectivity index (χ3v) is 5.10. The Morgan fingerprint density at radius 1 is 1.00 bits per heavy atom. The molecule has 1 aromatic rings. The summed E-state index contributed by atoms with van der Waals surface area (Å²) in [6, 6.07) is 5.15. The molecule has 2 amide bonds. The summed E-state index contributed by atoms with van der Waals surface area (Å²) in [6.45, 7) is 0. The van der Waals surface area contributed by atoms with Gasteiger partial charge in [0.25, 0.3) is 0 Å². The number of ether oxygens (including phenoxy) is 2. The molecule has 1 saturated heterocycles. The first kappa shape index (κ1) is 13.4. The summed E-state index contributed by atoms with van der Waals surface area (Å²) in [5, 5.41) is 0. The zero-order valence-corrected chi connectivity index (χ0v) is 12.5. The number of allylic oxidation sites excluding steroid dienone is 2. The first-order valence-electron chi connectivity index (χ1n) is 7.44. The number of rotatable bonds is 3. The highest BCUT2D eigenvalue weighted by molar-refractivity contribution is 6.23. The number of nitrogens with zero attached hydrogens (tertiary/aromatic N) is 1. The average molecular weight is 299 g/mol. The van der Waals surface area contributed by atoms with E-state index in [4.69, 9.17) is 9.47 Å². The molecule has 0 spiro atoms. The van der Waals surface area contributed by atoms with Crippen LogP contribution in [0.5, 0.6) is 11.5 Å². The van der Waals surface area contributed by atoms with E-state index in [1.165, 1.54) is 12.0 Å². The smallest absolute Gasteiger partial charge is 0.238 e. The van der Waals surface area contributed by atoms with Gasteiger partial charge in [-0.3, -0.25) is 9.59 Å². The van der Waals surface area contributed by atoms with Crippen LogP contribution in [-0.2, 0) is 9.59 Å². The van der Waals surface area contributed by atoms with E-state index in [1.54, 1.807) is 25.3 Å². The average Bonchev–Trinajstić information content (AvgIpc) is 3.21. The van der Waals surface area contributed by atoms with Gasteiger partial charge < -0.3 is 9.47 Å². The van der Waals surface area contributed by atoms with Gasteiger partial charge in [-0.05, 0) is 30.4 Å². The highest BCUT2D eigenvalue weighted by Gasteiger charge is 2.59. The molecular formula is C17H17NO4. The van der Waals surface area contributed by atoms with Crippen molar-refractivity contribution in [3.63, 3.8) is 0 Å². The van der Waals surface area contributed by atoms with Gasteiger partial charge in [0, 0.05) is 6.07 Å². The first-order chi connectivity index (χ1) is 10.7. The van der Waals surface area contributed by atoms with Crippen molar-refractivity contribution in [2.24, 2.45) is 23.7 Å². The van der Waals surface area contributed by atoms with Crippen LogP contribution in [0.1, 0.15) is 6.42 Å². The van der Waals surface area contributed by atoms with Gasteiger partial charge in [-0.15, -0.1) is 0 Å². The minimum absolute atomic E-state index is 0.113. The maximum absolute atomic E-state index is 12.8. The Hall–Kier alpha value is -2.30. The summed E-state index contributed by atoms with van der Waals surface area (Å²) in [5.41, 5.74) is 0.477. The molecule has 4 rings (SSSR count). The van der Waals surface area contributed by atoms with Crippen molar-refractivity contribution >= 4 is 17.5 Å². The van der Waals surface area contributed by atoms with Crippen molar-refractivity contribution in [1.29, 1.82) is 0 Å². The van der Waals surface area contributed by atoms with Crippen LogP contribution < -0.4 is 14.4 Å². The molecule has 22 heavy (non-hydrogen) atoms. The number of carbonyl (C=O) groups is 2. The van der Waals surface area contributed by atoms with Gasteiger partial charge in [-0.25, -0.2) is 4.90 Å². The number of fused-ring (bicyclic) bond motifs is 5. The molecule has 5 nitrogen and oxygen atoms in total. The van der Waals surface area contributed by atoms with Crippen LogP contribution in [-0.4, -0.2) is 26.0 Å². The third kappa shape index (κ3) is 1.59. The highest BCUT2D eigenvalue weighted by Crippen LogP contribution is 2.54. The van der Waals surface area contributed by atoms with Crippen LogP contribution in [0, 0.1) is 23.7 Å². The van der Waals surface area contributed by atoms with E-state index < -0.39 is 0 Å². The monoisotopic (exact) mass is 299 g/mol. The largest absolute Gasteiger partial charge is 0.497 e. The Morgan fingerprint density at radius 3 is 2.18 bits per heavy atom. The molecule has 1 aliphatic heterocycles. The lowest BCUT2D eigenvalue weighted by Gasteiger charge is -2.20. The Kier molecular flexibility index (Phi) is 2.79. The maximum Gasteiger partial charge on any atom is 0.238 e. The van der Waals surface area contributed by atoms with Crippen LogP contribution in [0.15, 0.2) is 30.4 Å². The molecule has 1 heterocycles. The van der Waals surface area contributed by atoms with E-state index in [0.717, 1.165) is 6.42 Å². The van der Waals surface area contributed by atoms with E-state index in [-0.39, 0.29) is 35.5 Å². The number of anilines is 1. The van der Waals surface area contributed by atoms with Crippen molar-refractivity contribution in [1.82, 2.24) is 0 Å². The molecule has 2 fully saturated rings. The van der Waals surface area contributed by atoms with Crippen LogP contribution >= 0.6 is 0 Å². The van der Waals surface area contributed by atoms with Crippen LogP contribution in [0.25, 0.3) is 0 Å². The summed E-state index contributed by atoms with van der Waals surface area (Å²) in [4.78, 5) is 27.0. The predicted octanol–water partition coefficient (Wildman–Crippen LogP) is 2.02. The molecular weight excluding hydrogens is 282 g/mol. The topological polar surface area (TPSA) is 55.8 Å². The molecule has 114 valence electrons. The first-order valence-corrected chi connectivity index (χ1v) is 7.44. The van der Waals surface area contributed by atoms with Gasteiger partial charge >= 0.3 is 0 Å². The SMILES string of the molecule is COc1ccc(OC)c(N2C(=O)C3C(C2=O)[C@H]2C=C[C@@H]3C2)c1. The molecule has 2 unspecified atom stereocenters. The fourth-order valence-electron chi connectivity index (χ4n) is 4.11. The second kappa shape index (κ2) is 4.60. The molecule has 0 radical (unpaired) electrons. The van der Waals surface area contributed by atoms with Crippen LogP contribution in [0.3, 0.4) is 0 Å². The summed E-state index contributed by atoms with van der Waals surface area (Å²) >= 11 is 0. The van der Waals surface area contributed by atoms with E-state index in [2.05, 4.69) is 12.2 Å². The number of methoxy groups -OCH3 is 2. The Morgan fingerprint density at radius 2 is 1.64 bits per heavy atom. The Balaban J connectivity index is 1.78. The summed E-state index contributed by atoms with van der Waals surface area (Å²) < 4.78 is 10.5. The van der Waals surface area contributed by atoms with Crippen molar-refractivity contribution < 1.29 is 19.1 Å². The summed E-state index contributed by atoms with van der Waals surface area (Å²) in [5.74, 6) is 0.854. The third-order valence-electron chi connectivity index (χ3n) is 5.10. The second-order valence-electron chi connectivity index (χ2n) is 6.05. The summed E-state index contributed by atoms with van der Waals surface area (Å²) in [6.07, 6.45) is 5.10. The standard InChI is InChI=1S/C17H17NO4/c1-21-11-5-6-13(22-2)12(8-11)18-16(19)14-9-3-4-10(7-9)15(14)17(18)20/h3-6,8-10,14-15H,7H2,1-2H3/t9-,10+,14?,15?. The molecule has 0 N–H and O–H groups in total. The Bertz CT molecular complexity index is 666. The molecule has 3 aliphatic rings. The van der Waals surface area contributed by atoms with Crippen molar-refractivity contribution in [3.8, 4) is 11.5 Å². The molecule has 2 aliphatic carbocycles. The van der Waals surface area contributed by atoms with E-state index in [9.17, 15) is 9.59 Å². The predicted molar refractivity (Wildman–Crippen MR) is 79.8 cm³/mol. The molecule has 1 aromatic carbocycles. The fraction of sp³-hybridized carbons (Fsp3) is 0.412. The minimum atomic E-state index is -0.210. The van der Waals surface area contributed by atoms with E-state index in [0.29, 0.717) is 17.2 Å². The molecule has 5 heteroatoms. The number of carbonyl (C=O) groups excluding carboxylic acids is 2. The second-order valence-corrected chi connectivity index (χ2v) is 6.05. The van der Waals surface area contributed by atoms with Gasteiger partial charge in [0.05, 0.1) is 31.7 Å². The van der Waals surface area contributed by atoms with Crippen molar-refractivity contribution in [2.75, 3.05) is 19.1 Å². The molecule has 2 bridgehead atoms. The van der Waals surface area contributed by atoms with Gasteiger partial charge in [-0.2, -0.15) is 0 Å². The normalized spacial score (nSPS) is 31.8. The van der Waals surface area contributed by atoms with Gasteiger partial charge in [-0.1, -0.05) is 12.2 Å². The molecule has 1 saturated carbocycles. The number of hydrogen-bond donors (Lipinski definition) is 0. The minimum Gasteiger partial charge on any atom is -0.497 e. The van der Waals surface area contributed by atoms with E-state index >= 15 is 0 Å². The zero-order chi connectivity index (χ0) is 15.4. The lowest BCUT2D eigenvalue weighted by molar-refractivity contribution is -0.123. The number of hydrogen-bond acceptors (Lipinski definition) is 4. The lowest BCUT2D eigenvalue weighted by Crippen LogP contribution is -2.33. The number of imide groups is 1. The molecule has 0 aromatic heterocycles. The van der Waals surface area contributed by atoms with Crippen LogP contribution in [0.4, 0.5) is 5.69 Å². The highest BCUT2D eigenvalue weighted by atomic mass is 16.5.